The van der Waals surface area contributed by atoms with Crippen LogP contribution in [0.25, 0.3) is 22.9 Å². The van der Waals surface area contributed by atoms with Gasteiger partial charge in [0, 0.05) is 16.0 Å². The van der Waals surface area contributed by atoms with Gasteiger partial charge in [-0.15, -0.1) is 11.3 Å². The molecule has 1 heterocycles. The van der Waals surface area contributed by atoms with Crippen LogP contribution in [-0.2, 0) is 0 Å². The Balaban J connectivity index is 1.86. The van der Waals surface area contributed by atoms with Gasteiger partial charge in [0.1, 0.15) is 16.8 Å². The number of hydrogen-bond acceptors (Lipinski definition) is 4. The molecular weight excluding hydrogens is 352 g/mol. The van der Waals surface area contributed by atoms with Gasteiger partial charge in [-0.05, 0) is 55.0 Å². The number of hydrogen-bond donors (Lipinski definition) is 0. The second kappa shape index (κ2) is 7.98. The van der Waals surface area contributed by atoms with Crippen molar-refractivity contribution in [2.24, 2.45) is 0 Å². The molecule has 0 radical (unpaired) electrons. The van der Waals surface area contributed by atoms with E-state index < -0.39 is 0 Å². The van der Waals surface area contributed by atoms with Gasteiger partial charge in [-0.2, -0.15) is 5.26 Å². The standard InChI is InChI=1S/C20H15ClN2OS/c1-2-24-18-9-5-15(6-10-18)19-13-25-20(23-19)16(12-22)11-14-3-7-17(21)8-4-14/h3-11,13H,2H2,1H3. The second-order valence-electron chi connectivity index (χ2n) is 5.22. The lowest BCUT2D eigenvalue weighted by Crippen LogP contribution is -1.90. The summed E-state index contributed by atoms with van der Waals surface area (Å²) in [6, 6.07) is 17.4. The molecule has 5 heteroatoms. The number of rotatable bonds is 5. The van der Waals surface area contributed by atoms with Crippen LogP contribution in [0.2, 0.25) is 5.02 Å². The van der Waals surface area contributed by atoms with Crippen molar-refractivity contribution >= 4 is 34.6 Å². The molecule has 2 aromatic carbocycles. The number of aromatic nitrogens is 1. The highest BCUT2D eigenvalue weighted by Gasteiger charge is 2.09. The average molecular weight is 367 g/mol. The summed E-state index contributed by atoms with van der Waals surface area (Å²) in [5, 5.41) is 12.8. The zero-order valence-corrected chi connectivity index (χ0v) is 15.1. The minimum absolute atomic E-state index is 0.532. The molecule has 1 aromatic heterocycles. The first-order chi connectivity index (χ1) is 12.2. The van der Waals surface area contributed by atoms with E-state index >= 15 is 0 Å². The number of thiazole rings is 1. The quantitative estimate of drug-likeness (QED) is 0.526. The fourth-order valence-corrected chi connectivity index (χ4v) is 3.21. The Morgan fingerprint density at radius 1 is 1.20 bits per heavy atom. The van der Waals surface area contributed by atoms with Crippen molar-refractivity contribution in [1.29, 1.82) is 5.26 Å². The van der Waals surface area contributed by atoms with E-state index in [2.05, 4.69) is 11.1 Å². The van der Waals surface area contributed by atoms with Crippen LogP contribution < -0.4 is 4.74 Å². The van der Waals surface area contributed by atoms with Crippen molar-refractivity contribution in [3.05, 3.63) is 69.5 Å². The molecule has 0 aliphatic heterocycles. The summed E-state index contributed by atoms with van der Waals surface area (Å²) in [7, 11) is 0. The smallest absolute Gasteiger partial charge is 0.134 e. The van der Waals surface area contributed by atoms with Crippen LogP contribution in [0, 0.1) is 11.3 Å². The molecule has 3 rings (SSSR count). The summed E-state index contributed by atoms with van der Waals surface area (Å²) in [5.41, 5.74) is 3.29. The first-order valence-electron chi connectivity index (χ1n) is 7.76. The highest BCUT2D eigenvalue weighted by Crippen LogP contribution is 2.28. The molecule has 0 N–H and O–H groups in total. The first-order valence-corrected chi connectivity index (χ1v) is 9.02. The third-order valence-electron chi connectivity index (χ3n) is 3.50. The minimum atomic E-state index is 0.532. The zero-order valence-electron chi connectivity index (χ0n) is 13.6. The maximum absolute atomic E-state index is 9.48. The summed E-state index contributed by atoms with van der Waals surface area (Å²) in [6.07, 6.45) is 1.82. The Hall–Kier alpha value is -2.61. The SMILES string of the molecule is CCOc1ccc(-c2csc(C(C#N)=Cc3ccc(Cl)cc3)n2)cc1. The highest BCUT2D eigenvalue weighted by molar-refractivity contribution is 7.11. The van der Waals surface area contributed by atoms with Gasteiger partial charge in [-0.3, -0.25) is 0 Å². The first kappa shape index (κ1) is 17.2. The van der Waals surface area contributed by atoms with Gasteiger partial charge < -0.3 is 4.74 Å². The third-order valence-corrected chi connectivity index (χ3v) is 4.62. The van der Waals surface area contributed by atoms with Crippen molar-refractivity contribution in [3.8, 4) is 23.1 Å². The van der Waals surface area contributed by atoms with Crippen LogP contribution in [0.1, 0.15) is 17.5 Å². The van der Waals surface area contributed by atoms with Crippen LogP contribution in [0.15, 0.2) is 53.9 Å². The molecule has 3 aromatic rings. The van der Waals surface area contributed by atoms with E-state index in [4.69, 9.17) is 16.3 Å². The maximum Gasteiger partial charge on any atom is 0.134 e. The topological polar surface area (TPSA) is 45.9 Å². The molecule has 25 heavy (non-hydrogen) atoms. The number of benzene rings is 2. The van der Waals surface area contributed by atoms with E-state index in [-0.39, 0.29) is 0 Å². The molecule has 0 spiro atoms. The molecule has 0 saturated heterocycles. The molecule has 0 atom stereocenters. The Morgan fingerprint density at radius 3 is 2.56 bits per heavy atom. The lowest BCUT2D eigenvalue weighted by Gasteiger charge is -2.03. The average Bonchev–Trinajstić information content (AvgIpc) is 3.12. The zero-order chi connectivity index (χ0) is 17.6. The van der Waals surface area contributed by atoms with Gasteiger partial charge in [0.15, 0.2) is 0 Å². The number of nitrogens with zero attached hydrogens (tertiary/aromatic N) is 2. The van der Waals surface area contributed by atoms with Crippen LogP contribution >= 0.6 is 22.9 Å². The molecular formula is C20H15ClN2OS. The van der Waals surface area contributed by atoms with Crippen molar-refractivity contribution in [1.82, 2.24) is 4.98 Å². The van der Waals surface area contributed by atoms with Crippen molar-refractivity contribution < 1.29 is 4.74 Å². The maximum atomic E-state index is 9.48. The van der Waals surface area contributed by atoms with Gasteiger partial charge in [0.2, 0.25) is 0 Å². The van der Waals surface area contributed by atoms with Crippen molar-refractivity contribution in [2.75, 3.05) is 6.61 Å². The van der Waals surface area contributed by atoms with Crippen LogP contribution in [0.5, 0.6) is 5.75 Å². The van der Waals surface area contributed by atoms with E-state index in [1.807, 2.05) is 54.8 Å². The summed E-state index contributed by atoms with van der Waals surface area (Å²) < 4.78 is 5.45. The number of ether oxygens (including phenoxy) is 1. The summed E-state index contributed by atoms with van der Waals surface area (Å²) in [4.78, 5) is 4.60. The van der Waals surface area contributed by atoms with Crippen molar-refractivity contribution in [2.45, 2.75) is 6.92 Å². The largest absolute Gasteiger partial charge is 0.494 e. The molecule has 0 aliphatic carbocycles. The minimum Gasteiger partial charge on any atom is -0.494 e. The van der Waals surface area contributed by atoms with Gasteiger partial charge in [-0.1, -0.05) is 23.7 Å². The van der Waals surface area contributed by atoms with Gasteiger partial charge in [0.05, 0.1) is 17.9 Å². The fraction of sp³-hybridized carbons (Fsp3) is 0.100. The summed E-state index contributed by atoms with van der Waals surface area (Å²) in [6.45, 7) is 2.60. The van der Waals surface area contributed by atoms with Gasteiger partial charge in [-0.25, -0.2) is 4.98 Å². The Labute approximate surface area is 155 Å². The Kier molecular flexibility index (Phi) is 5.49. The molecule has 0 aliphatic rings. The second-order valence-corrected chi connectivity index (χ2v) is 6.51. The van der Waals surface area contributed by atoms with E-state index in [0.29, 0.717) is 22.2 Å². The van der Waals surface area contributed by atoms with Crippen LogP contribution in [0.4, 0.5) is 0 Å². The molecule has 3 nitrogen and oxygen atoms in total. The van der Waals surface area contributed by atoms with Gasteiger partial charge in [0.25, 0.3) is 0 Å². The van der Waals surface area contributed by atoms with Gasteiger partial charge >= 0.3 is 0 Å². The molecule has 0 bridgehead atoms. The summed E-state index contributed by atoms with van der Waals surface area (Å²) >= 11 is 7.35. The molecule has 124 valence electrons. The van der Waals surface area contributed by atoms with Crippen LogP contribution in [-0.4, -0.2) is 11.6 Å². The molecule has 0 amide bonds. The molecule has 0 fully saturated rings. The summed E-state index contributed by atoms with van der Waals surface area (Å²) in [5.74, 6) is 0.835. The normalized spacial score (nSPS) is 11.2. The van der Waals surface area contributed by atoms with E-state index in [1.54, 1.807) is 12.1 Å². The lowest BCUT2D eigenvalue weighted by molar-refractivity contribution is 0.340. The number of halogens is 1. The lowest BCUT2D eigenvalue weighted by atomic mass is 10.1. The number of allylic oxidation sites excluding steroid dienone is 1. The van der Waals surface area contributed by atoms with Crippen LogP contribution in [0.3, 0.4) is 0 Å². The van der Waals surface area contributed by atoms with E-state index in [1.165, 1.54) is 11.3 Å². The van der Waals surface area contributed by atoms with E-state index in [9.17, 15) is 5.26 Å². The predicted octanol–water partition coefficient (Wildman–Crippen LogP) is 5.93. The Bertz CT molecular complexity index is 922. The van der Waals surface area contributed by atoms with Crippen molar-refractivity contribution in [3.63, 3.8) is 0 Å². The number of nitriles is 1. The molecule has 0 unspecified atom stereocenters. The monoisotopic (exact) mass is 366 g/mol. The fourth-order valence-electron chi connectivity index (χ4n) is 2.29. The Morgan fingerprint density at radius 2 is 1.92 bits per heavy atom. The van der Waals surface area contributed by atoms with E-state index in [0.717, 1.165) is 22.6 Å². The predicted molar refractivity (Wildman–Crippen MR) is 104 cm³/mol. The molecule has 0 saturated carbocycles. The highest BCUT2D eigenvalue weighted by atomic mass is 35.5. The third kappa shape index (κ3) is 4.27.